The third kappa shape index (κ3) is 4.16. The molecule has 2 rings (SSSR count). The van der Waals surface area contributed by atoms with Crippen LogP contribution in [0.25, 0.3) is 0 Å². The normalized spacial score (nSPS) is 23.4. The second-order valence-corrected chi connectivity index (χ2v) is 6.65. The van der Waals surface area contributed by atoms with Crippen molar-refractivity contribution >= 4 is 23.4 Å². The van der Waals surface area contributed by atoms with Gasteiger partial charge in [0.05, 0.1) is 5.75 Å². The van der Waals surface area contributed by atoms with E-state index in [-0.39, 0.29) is 5.91 Å². The van der Waals surface area contributed by atoms with Gasteiger partial charge in [0.15, 0.2) is 0 Å². The van der Waals surface area contributed by atoms with Crippen LogP contribution in [-0.2, 0) is 4.79 Å². The maximum absolute atomic E-state index is 12.2. The molecule has 19 heavy (non-hydrogen) atoms. The molecule has 0 radical (unpaired) electrons. The summed E-state index contributed by atoms with van der Waals surface area (Å²) < 4.78 is 0. The average Bonchev–Trinajstić information content (AvgIpc) is 2.36. The van der Waals surface area contributed by atoms with E-state index in [1.807, 2.05) is 29.2 Å². The van der Waals surface area contributed by atoms with Crippen LogP contribution < -0.4 is 5.73 Å². The van der Waals surface area contributed by atoms with E-state index in [0.29, 0.717) is 17.6 Å². The molecule has 2 unspecified atom stereocenters. The van der Waals surface area contributed by atoms with Crippen LogP contribution in [0.5, 0.6) is 0 Å². The van der Waals surface area contributed by atoms with Crippen LogP contribution in [0.4, 0.5) is 5.69 Å². The second kappa shape index (κ2) is 6.33. The predicted molar refractivity (Wildman–Crippen MR) is 81.1 cm³/mol. The first-order valence-electron chi connectivity index (χ1n) is 6.80. The number of carbonyl (C=O) groups excluding carboxylic acids is 1. The largest absolute Gasteiger partial charge is 0.399 e. The maximum Gasteiger partial charge on any atom is 0.232 e. The molecule has 1 amide bonds. The van der Waals surface area contributed by atoms with Crippen molar-refractivity contribution in [2.75, 3.05) is 24.6 Å². The predicted octanol–water partition coefficient (Wildman–Crippen LogP) is 2.87. The maximum atomic E-state index is 12.2. The summed E-state index contributed by atoms with van der Waals surface area (Å²) in [6.07, 6.45) is 1.23. The molecule has 1 saturated heterocycles. The number of piperidine rings is 1. The molecule has 1 aromatic carbocycles. The lowest BCUT2D eigenvalue weighted by Gasteiger charge is -2.35. The highest BCUT2D eigenvalue weighted by Crippen LogP contribution is 2.23. The van der Waals surface area contributed by atoms with E-state index in [0.717, 1.165) is 23.7 Å². The summed E-state index contributed by atoms with van der Waals surface area (Å²) in [5, 5.41) is 0. The van der Waals surface area contributed by atoms with Crippen molar-refractivity contribution in [2.24, 2.45) is 11.8 Å². The van der Waals surface area contributed by atoms with Gasteiger partial charge in [0.2, 0.25) is 5.91 Å². The Labute approximate surface area is 119 Å². The van der Waals surface area contributed by atoms with Crippen molar-refractivity contribution < 1.29 is 4.79 Å². The molecule has 3 nitrogen and oxygen atoms in total. The summed E-state index contributed by atoms with van der Waals surface area (Å²) in [7, 11) is 0. The third-order valence-corrected chi connectivity index (χ3v) is 4.46. The number of nitrogen functional groups attached to an aromatic ring is 1. The first kappa shape index (κ1) is 14.3. The molecule has 0 saturated carbocycles. The van der Waals surface area contributed by atoms with Crippen molar-refractivity contribution in [3.05, 3.63) is 24.3 Å². The highest BCUT2D eigenvalue weighted by atomic mass is 32.2. The Balaban J connectivity index is 1.85. The van der Waals surface area contributed by atoms with Gasteiger partial charge in [-0.3, -0.25) is 4.79 Å². The molecule has 2 N–H and O–H groups in total. The lowest BCUT2D eigenvalue weighted by atomic mass is 9.92. The Bertz CT molecular complexity index is 422. The van der Waals surface area contributed by atoms with E-state index in [1.54, 1.807) is 11.8 Å². The molecule has 1 aromatic rings. The van der Waals surface area contributed by atoms with Crippen LogP contribution in [0.3, 0.4) is 0 Å². The summed E-state index contributed by atoms with van der Waals surface area (Å²) >= 11 is 1.59. The molecular formula is C15H22N2OS. The van der Waals surface area contributed by atoms with Crippen molar-refractivity contribution in [1.82, 2.24) is 4.90 Å². The third-order valence-electron chi connectivity index (χ3n) is 3.46. The van der Waals surface area contributed by atoms with Gasteiger partial charge in [0.1, 0.15) is 0 Å². The number of likely N-dealkylation sites (tertiary alicyclic amines) is 1. The Morgan fingerprint density at radius 1 is 1.26 bits per heavy atom. The molecule has 2 atom stereocenters. The first-order valence-corrected chi connectivity index (χ1v) is 7.79. The van der Waals surface area contributed by atoms with E-state index >= 15 is 0 Å². The lowest BCUT2D eigenvalue weighted by Crippen LogP contribution is -2.43. The van der Waals surface area contributed by atoms with Crippen molar-refractivity contribution in [1.29, 1.82) is 0 Å². The van der Waals surface area contributed by atoms with Gasteiger partial charge in [-0.2, -0.15) is 0 Å². The molecular weight excluding hydrogens is 256 g/mol. The molecule has 0 bridgehead atoms. The number of nitrogens with two attached hydrogens (primary N) is 1. The Morgan fingerprint density at radius 3 is 2.42 bits per heavy atom. The van der Waals surface area contributed by atoms with Gasteiger partial charge in [-0.25, -0.2) is 0 Å². The van der Waals surface area contributed by atoms with Gasteiger partial charge in [-0.15, -0.1) is 11.8 Å². The zero-order valence-corrected chi connectivity index (χ0v) is 12.5. The highest BCUT2D eigenvalue weighted by molar-refractivity contribution is 8.00. The van der Waals surface area contributed by atoms with Crippen LogP contribution in [0.2, 0.25) is 0 Å². The summed E-state index contributed by atoms with van der Waals surface area (Å²) in [6.45, 7) is 6.27. The molecule has 0 aliphatic carbocycles. The number of thioether (sulfide) groups is 1. The van der Waals surface area contributed by atoms with Gasteiger partial charge < -0.3 is 10.6 Å². The fraction of sp³-hybridized carbons (Fsp3) is 0.533. The SMILES string of the molecule is CC1CC(C)CN(C(=O)CSc2ccc(N)cc2)C1. The standard InChI is InChI=1S/C15H22N2OS/c1-11-7-12(2)9-17(8-11)15(18)10-19-14-5-3-13(16)4-6-14/h3-6,11-12H,7-10,16H2,1-2H3. The van der Waals surface area contributed by atoms with Gasteiger partial charge in [0, 0.05) is 23.7 Å². The zero-order valence-electron chi connectivity index (χ0n) is 11.6. The minimum atomic E-state index is 0.250. The fourth-order valence-electron chi connectivity index (χ4n) is 2.67. The zero-order chi connectivity index (χ0) is 13.8. The van der Waals surface area contributed by atoms with Crippen LogP contribution in [0.1, 0.15) is 20.3 Å². The number of nitrogens with zero attached hydrogens (tertiary/aromatic N) is 1. The molecule has 1 heterocycles. The van der Waals surface area contributed by atoms with Gasteiger partial charge >= 0.3 is 0 Å². The highest BCUT2D eigenvalue weighted by Gasteiger charge is 2.25. The van der Waals surface area contributed by atoms with E-state index in [9.17, 15) is 4.79 Å². The number of amides is 1. The topological polar surface area (TPSA) is 46.3 Å². The van der Waals surface area contributed by atoms with E-state index < -0.39 is 0 Å². The van der Waals surface area contributed by atoms with Crippen LogP contribution >= 0.6 is 11.8 Å². The molecule has 0 aromatic heterocycles. The quantitative estimate of drug-likeness (QED) is 0.683. The first-order chi connectivity index (χ1) is 9.04. The van der Waals surface area contributed by atoms with E-state index in [1.165, 1.54) is 6.42 Å². The summed E-state index contributed by atoms with van der Waals surface area (Å²) in [4.78, 5) is 15.3. The van der Waals surface area contributed by atoms with Crippen LogP contribution in [0, 0.1) is 11.8 Å². The Kier molecular flexibility index (Phi) is 4.75. The molecule has 1 aliphatic rings. The summed E-state index contributed by atoms with van der Waals surface area (Å²) in [6, 6.07) is 7.68. The number of rotatable bonds is 3. The van der Waals surface area contributed by atoms with Gasteiger partial charge in [-0.1, -0.05) is 13.8 Å². The Hall–Kier alpha value is -1.16. The lowest BCUT2D eigenvalue weighted by molar-refractivity contribution is -0.130. The number of anilines is 1. The van der Waals surface area contributed by atoms with Gasteiger partial charge in [-0.05, 0) is 42.5 Å². The van der Waals surface area contributed by atoms with Crippen LogP contribution in [0.15, 0.2) is 29.2 Å². The van der Waals surface area contributed by atoms with Crippen molar-refractivity contribution in [2.45, 2.75) is 25.2 Å². The molecule has 0 spiro atoms. The minimum absolute atomic E-state index is 0.250. The van der Waals surface area contributed by atoms with Gasteiger partial charge in [0.25, 0.3) is 0 Å². The number of benzene rings is 1. The van der Waals surface area contributed by atoms with Crippen molar-refractivity contribution in [3.63, 3.8) is 0 Å². The van der Waals surface area contributed by atoms with E-state index in [4.69, 9.17) is 5.73 Å². The second-order valence-electron chi connectivity index (χ2n) is 5.60. The number of carbonyl (C=O) groups is 1. The molecule has 4 heteroatoms. The number of hydrogen-bond donors (Lipinski definition) is 1. The molecule has 104 valence electrons. The number of hydrogen-bond acceptors (Lipinski definition) is 3. The minimum Gasteiger partial charge on any atom is -0.399 e. The summed E-state index contributed by atoms with van der Waals surface area (Å²) in [5.74, 6) is 2.01. The monoisotopic (exact) mass is 278 g/mol. The average molecular weight is 278 g/mol. The summed E-state index contributed by atoms with van der Waals surface area (Å²) in [5.41, 5.74) is 6.40. The Morgan fingerprint density at radius 2 is 1.84 bits per heavy atom. The molecule has 1 aliphatic heterocycles. The van der Waals surface area contributed by atoms with Crippen molar-refractivity contribution in [3.8, 4) is 0 Å². The molecule has 1 fully saturated rings. The smallest absolute Gasteiger partial charge is 0.232 e. The van der Waals surface area contributed by atoms with Crippen LogP contribution in [-0.4, -0.2) is 29.6 Å². The fourth-order valence-corrected chi connectivity index (χ4v) is 3.47. The van der Waals surface area contributed by atoms with E-state index in [2.05, 4.69) is 13.8 Å².